The molecule has 3 unspecified atom stereocenters. The average molecular weight is 1140 g/mol. The summed E-state index contributed by atoms with van der Waals surface area (Å²) in [5.74, 6) is 5.86. The molecule has 14 heteroatoms. The molecule has 13 nitrogen and oxygen atoms in total. The zero-order valence-electron chi connectivity index (χ0n) is 49.9. The number of hydrogen-bond acceptors (Lipinski definition) is 13. The third-order valence-corrected chi connectivity index (χ3v) is 19.8. The minimum absolute atomic E-state index is 0. The van der Waals surface area contributed by atoms with Crippen molar-refractivity contribution in [3.8, 4) is 17.2 Å². The molecule has 0 saturated heterocycles. The minimum atomic E-state index is -0.273. The van der Waals surface area contributed by atoms with Gasteiger partial charge in [0.25, 0.3) is 0 Å². The number of aliphatic hydroxyl groups excluding tert-OH is 6. The van der Waals surface area contributed by atoms with Gasteiger partial charge in [0.2, 0.25) is 0 Å². The van der Waals surface area contributed by atoms with E-state index in [0.717, 1.165) is 152 Å². The molecular formula is C67H103NaO13. The zero-order valence-corrected chi connectivity index (χ0v) is 51.9. The second-order valence-electron chi connectivity index (χ2n) is 25.1. The summed E-state index contributed by atoms with van der Waals surface area (Å²) >= 11 is 0. The molecule has 9 rings (SSSR count). The van der Waals surface area contributed by atoms with Crippen LogP contribution in [0.4, 0.5) is 0 Å². The predicted molar refractivity (Wildman–Crippen MR) is 310 cm³/mol. The molecule has 3 saturated carbocycles. The van der Waals surface area contributed by atoms with Crippen LogP contribution in [0.3, 0.4) is 0 Å². The van der Waals surface area contributed by atoms with E-state index in [4.69, 9.17) is 14.7 Å². The van der Waals surface area contributed by atoms with Crippen molar-refractivity contribution in [3.63, 3.8) is 0 Å². The largest absolute Gasteiger partial charge is 1.00 e. The molecule has 3 aromatic rings. The van der Waals surface area contributed by atoms with Gasteiger partial charge in [0.05, 0.1) is 43.2 Å². The van der Waals surface area contributed by atoms with Crippen molar-refractivity contribution in [1.29, 1.82) is 0 Å². The number of aliphatic hydroxyl groups is 6. The van der Waals surface area contributed by atoms with E-state index in [1.807, 2.05) is 30.3 Å². The van der Waals surface area contributed by atoms with Crippen molar-refractivity contribution in [2.75, 3.05) is 26.4 Å². The van der Waals surface area contributed by atoms with Crippen molar-refractivity contribution in [3.05, 3.63) is 88.0 Å². The summed E-state index contributed by atoms with van der Waals surface area (Å²) in [7, 11) is 0. The smallest absolute Gasteiger partial charge is 0.723 e. The van der Waals surface area contributed by atoms with Crippen LogP contribution in [0.25, 0.3) is 0 Å². The molecule has 450 valence electrons. The Bertz CT molecular complexity index is 2140. The van der Waals surface area contributed by atoms with Gasteiger partial charge >= 0.3 is 29.6 Å². The first-order valence-electron chi connectivity index (χ1n) is 31.7. The Balaban J connectivity index is 0.000000195. The van der Waals surface area contributed by atoms with Crippen LogP contribution in [0, 0.1) is 53.3 Å². The van der Waals surface area contributed by atoms with Crippen molar-refractivity contribution in [2.45, 2.75) is 231 Å². The standard InChI is InChI=1S/2C23H36O5.C21H32O3.Na/c2*1-2-3-4-7-18(24)9-10-19-20-13-16-6-5-8-23(27-11-12-28-26)21(16)14-17(20)15-22(19)25;1-2-3-4-7-16(22)9-10-17-18-11-14-6-5-8-20(23)19(14)12-15(18)13-21(17)24;/h2*5-6,8,17-20,22,24-26H,2-4,7,9-15H2,1H3;5-6,8,15-18,21-24H,2-4,7,9-13H2,1H3;/q;;;+1/p-1/t2*17?,18-,19+,20-,22+;15?,16-,17+,18-,21+;/m000./s1. The van der Waals surface area contributed by atoms with E-state index in [9.17, 15) is 41.0 Å². The number of phenolic OH excluding ortho intramolecular Hbond substituents is 1. The number of unbranched alkanes of at least 4 members (excludes halogenated alkanes) is 6. The summed E-state index contributed by atoms with van der Waals surface area (Å²) in [5.41, 5.74) is 7.41. The summed E-state index contributed by atoms with van der Waals surface area (Å²) in [4.78, 5) is 7.96. The Kier molecular flexibility index (Phi) is 29.6. The fourth-order valence-corrected chi connectivity index (χ4v) is 15.5. The summed E-state index contributed by atoms with van der Waals surface area (Å²) in [5, 5.41) is 91.5. The number of ether oxygens (including phenoxy) is 2. The quantitative estimate of drug-likeness (QED) is 0.0145. The molecule has 0 aliphatic heterocycles. The van der Waals surface area contributed by atoms with Crippen molar-refractivity contribution in [2.24, 2.45) is 53.3 Å². The Labute approximate surface area is 507 Å². The predicted octanol–water partition coefficient (Wildman–Crippen LogP) is 7.61. The molecule has 0 spiro atoms. The van der Waals surface area contributed by atoms with E-state index < -0.39 is 0 Å². The molecule has 8 N–H and O–H groups in total. The third kappa shape index (κ3) is 19.3. The Morgan fingerprint density at radius 3 is 1.20 bits per heavy atom. The van der Waals surface area contributed by atoms with Gasteiger partial charge in [0, 0.05) is 0 Å². The molecule has 15 atom stereocenters. The van der Waals surface area contributed by atoms with Gasteiger partial charge < -0.3 is 55.4 Å². The van der Waals surface area contributed by atoms with Crippen LogP contribution in [-0.4, -0.2) is 104 Å². The molecule has 0 heterocycles. The molecule has 0 radical (unpaired) electrons. The fourth-order valence-electron chi connectivity index (χ4n) is 15.5. The van der Waals surface area contributed by atoms with E-state index in [1.165, 1.54) is 66.3 Å². The van der Waals surface area contributed by atoms with Gasteiger partial charge in [-0.05, 0) is 220 Å². The van der Waals surface area contributed by atoms with E-state index >= 15 is 0 Å². The van der Waals surface area contributed by atoms with Gasteiger partial charge in [0.15, 0.2) is 0 Å². The maximum atomic E-state index is 10.7. The number of aromatic hydroxyl groups is 1. The van der Waals surface area contributed by atoms with Crippen molar-refractivity contribution >= 4 is 0 Å². The van der Waals surface area contributed by atoms with Gasteiger partial charge in [-0.15, -0.1) is 0 Å². The van der Waals surface area contributed by atoms with Crippen LogP contribution in [0.5, 0.6) is 17.2 Å². The van der Waals surface area contributed by atoms with E-state index in [0.29, 0.717) is 53.8 Å². The first-order chi connectivity index (χ1) is 38.9. The third-order valence-electron chi connectivity index (χ3n) is 19.8. The molecule has 6 aliphatic rings. The second kappa shape index (κ2) is 35.3. The van der Waals surface area contributed by atoms with Crippen LogP contribution in [0.2, 0.25) is 0 Å². The topological polar surface area (TPSA) is 222 Å². The summed E-state index contributed by atoms with van der Waals surface area (Å²) in [6, 6.07) is 18.1. The van der Waals surface area contributed by atoms with Gasteiger partial charge in [-0.2, -0.15) is 0 Å². The maximum Gasteiger partial charge on any atom is 1.00 e. The Hall–Kier alpha value is -2.34. The molecule has 0 aromatic heterocycles. The van der Waals surface area contributed by atoms with Crippen molar-refractivity contribution < 1.29 is 95.1 Å². The molecular weight excluding hydrogens is 1040 g/mol. The normalized spacial score (nSPS) is 27.7. The SMILES string of the molecule is CCCCC[C@H](O)CC[C@H]1[C@H](O)CC2Cc3c(O)cccc3C[C@@H]21.CCCCC[C@H](O)CC[C@H]1[C@H](O)CC2Cc3c(cccc3OCCOO)C[C@@H]21.CCCCC[C@H](O)CC[C@H]1[C@H](O)CC2Cc3c(cccc3OCCO[O-])C[C@@H]21.[Na+]. The number of phenols is 1. The van der Waals surface area contributed by atoms with Crippen molar-refractivity contribution in [1.82, 2.24) is 0 Å². The zero-order chi connectivity index (χ0) is 57.0. The van der Waals surface area contributed by atoms with Gasteiger partial charge in [-0.25, -0.2) is 4.89 Å². The van der Waals surface area contributed by atoms with E-state index in [2.05, 4.69) is 48.7 Å². The Morgan fingerprint density at radius 1 is 0.469 bits per heavy atom. The van der Waals surface area contributed by atoms with E-state index in [-0.39, 0.29) is 97.8 Å². The van der Waals surface area contributed by atoms with Crippen LogP contribution in [-0.2, 0) is 48.3 Å². The van der Waals surface area contributed by atoms with Crippen LogP contribution < -0.4 is 44.3 Å². The molecule has 0 amide bonds. The minimum Gasteiger partial charge on any atom is -0.723 e. The molecule has 81 heavy (non-hydrogen) atoms. The number of fused-ring (bicyclic) bond motifs is 6. The summed E-state index contributed by atoms with van der Waals surface area (Å²) in [6.45, 7) is 7.31. The first kappa shape index (κ1) is 67.8. The number of benzene rings is 3. The van der Waals surface area contributed by atoms with E-state index in [1.54, 1.807) is 6.07 Å². The molecule has 6 aliphatic carbocycles. The van der Waals surface area contributed by atoms with Crippen LogP contribution >= 0.6 is 0 Å². The summed E-state index contributed by atoms with van der Waals surface area (Å²) in [6.07, 6.45) is 24.8. The monoisotopic (exact) mass is 1140 g/mol. The Morgan fingerprint density at radius 2 is 0.827 bits per heavy atom. The fraction of sp³-hybridized carbons (Fsp3) is 0.731. The average Bonchev–Trinajstić information content (AvgIpc) is 4.07. The second-order valence-corrected chi connectivity index (χ2v) is 25.1. The molecule has 3 fully saturated rings. The van der Waals surface area contributed by atoms with Gasteiger partial charge in [-0.1, -0.05) is 115 Å². The van der Waals surface area contributed by atoms with Gasteiger partial charge in [-0.3, -0.25) is 5.26 Å². The van der Waals surface area contributed by atoms with Gasteiger partial charge in [0.1, 0.15) is 37.1 Å². The maximum absolute atomic E-state index is 10.7. The number of hydrogen-bond donors (Lipinski definition) is 8. The van der Waals surface area contributed by atoms with Crippen LogP contribution in [0.1, 0.15) is 189 Å². The van der Waals surface area contributed by atoms with Crippen LogP contribution in [0.15, 0.2) is 54.6 Å². The number of rotatable bonds is 29. The summed E-state index contributed by atoms with van der Waals surface area (Å²) < 4.78 is 11.5. The molecule has 0 bridgehead atoms. The molecule has 3 aromatic carbocycles. The first-order valence-corrected chi connectivity index (χ1v) is 31.7.